The number of carbonyl (C=O) groups is 1. The summed E-state index contributed by atoms with van der Waals surface area (Å²) in [5.74, 6) is -0.413. The van der Waals surface area contributed by atoms with Gasteiger partial charge in [-0.3, -0.25) is 10.1 Å². The Morgan fingerprint density at radius 1 is 0.958 bits per heavy atom. The minimum Gasteiger partial charge on any atom is -0.331 e. The van der Waals surface area contributed by atoms with Crippen LogP contribution in [0.4, 0.5) is 5.69 Å². The maximum absolute atomic E-state index is 11.9. The van der Waals surface area contributed by atoms with Gasteiger partial charge in [-0.05, 0) is 42.1 Å². The first-order valence-electron chi connectivity index (χ1n) is 6.56. The molecular weight excluding hydrogens is 410 g/mol. The van der Waals surface area contributed by atoms with Gasteiger partial charge in [0.25, 0.3) is 0 Å². The molecule has 0 spiro atoms. The Morgan fingerprint density at radius 3 is 2.33 bits per heavy atom. The van der Waals surface area contributed by atoms with Crippen molar-refractivity contribution in [3.63, 3.8) is 0 Å². The first kappa shape index (κ1) is 19.0. The van der Waals surface area contributed by atoms with Gasteiger partial charge in [0.05, 0.1) is 20.8 Å². The molecule has 0 radical (unpaired) electrons. The van der Waals surface area contributed by atoms with E-state index >= 15 is 0 Å². The average molecular weight is 420 g/mol. The lowest BCUT2D eigenvalue weighted by Crippen LogP contribution is -2.32. The number of benzene rings is 2. The molecule has 0 atom stereocenters. The van der Waals surface area contributed by atoms with Crippen molar-refractivity contribution in [2.45, 2.75) is 0 Å². The van der Waals surface area contributed by atoms with E-state index in [-0.39, 0.29) is 5.11 Å². The van der Waals surface area contributed by atoms with Crippen molar-refractivity contribution in [3.05, 3.63) is 68.1 Å². The molecule has 2 aromatic carbocycles. The summed E-state index contributed by atoms with van der Waals surface area (Å²) >= 11 is 28.9. The molecule has 0 bridgehead atoms. The maximum Gasteiger partial charge on any atom is 0.250 e. The standard InChI is InChI=1S/C16H10Cl4N2OS/c17-10-4-2-1-3-9(10)5-6-15(23)22-16(24)21-14-8-12(19)11(18)7-13(14)20/h1-8H,(H2,21,22,23,24)/b6-5+. The van der Waals surface area contributed by atoms with Crippen LogP contribution < -0.4 is 10.6 Å². The highest BCUT2D eigenvalue weighted by Crippen LogP contribution is 2.32. The van der Waals surface area contributed by atoms with E-state index < -0.39 is 5.91 Å². The van der Waals surface area contributed by atoms with Crippen LogP contribution in [0.1, 0.15) is 5.56 Å². The smallest absolute Gasteiger partial charge is 0.250 e. The zero-order valence-corrected chi connectivity index (χ0v) is 15.8. The van der Waals surface area contributed by atoms with E-state index in [2.05, 4.69) is 10.6 Å². The lowest BCUT2D eigenvalue weighted by Gasteiger charge is -2.11. The molecular formula is C16H10Cl4N2OS. The van der Waals surface area contributed by atoms with Crippen molar-refractivity contribution >= 4 is 81.4 Å². The fourth-order valence-corrected chi connectivity index (χ4v) is 2.70. The van der Waals surface area contributed by atoms with Crippen LogP contribution in [0.2, 0.25) is 20.1 Å². The Hall–Kier alpha value is -1.30. The van der Waals surface area contributed by atoms with Crippen LogP contribution in [0.15, 0.2) is 42.5 Å². The minimum atomic E-state index is -0.413. The van der Waals surface area contributed by atoms with Crippen LogP contribution in [0.3, 0.4) is 0 Å². The molecule has 0 aliphatic carbocycles. The van der Waals surface area contributed by atoms with Crippen molar-refractivity contribution in [3.8, 4) is 0 Å². The predicted molar refractivity (Wildman–Crippen MR) is 106 cm³/mol. The molecule has 24 heavy (non-hydrogen) atoms. The molecule has 0 fully saturated rings. The van der Waals surface area contributed by atoms with Gasteiger partial charge in [0, 0.05) is 11.1 Å². The molecule has 2 rings (SSSR count). The summed E-state index contributed by atoms with van der Waals surface area (Å²) in [5.41, 5.74) is 1.16. The van der Waals surface area contributed by atoms with E-state index in [0.717, 1.165) is 5.56 Å². The van der Waals surface area contributed by atoms with Crippen molar-refractivity contribution in [2.24, 2.45) is 0 Å². The second-order valence-corrected chi connectivity index (χ2v) is 6.58. The first-order chi connectivity index (χ1) is 11.4. The number of rotatable bonds is 3. The number of hydrogen-bond acceptors (Lipinski definition) is 2. The molecule has 124 valence electrons. The van der Waals surface area contributed by atoms with Crippen molar-refractivity contribution in [2.75, 3.05) is 5.32 Å². The van der Waals surface area contributed by atoms with E-state index in [1.807, 2.05) is 6.07 Å². The molecule has 2 aromatic rings. The van der Waals surface area contributed by atoms with Crippen LogP contribution >= 0.6 is 58.6 Å². The summed E-state index contributed by atoms with van der Waals surface area (Å²) in [6, 6.07) is 10.2. The van der Waals surface area contributed by atoms with Gasteiger partial charge in [0.2, 0.25) is 5.91 Å². The SMILES string of the molecule is O=C(/C=C/c1ccccc1Cl)NC(=S)Nc1cc(Cl)c(Cl)cc1Cl. The highest BCUT2D eigenvalue weighted by atomic mass is 35.5. The van der Waals surface area contributed by atoms with Gasteiger partial charge in [0.15, 0.2) is 5.11 Å². The Labute approximate surface area is 164 Å². The molecule has 1 amide bonds. The molecule has 8 heteroatoms. The van der Waals surface area contributed by atoms with Gasteiger partial charge in [0.1, 0.15) is 0 Å². The number of halogens is 4. The summed E-state index contributed by atoms with van der Waals surface area (Å²) in [6.45, 7) is 0. The largest absolute Gasteiger partial charge is 0.331 e. The topological polar surface area (TPSA) is 41.1 Å². The van der Waals surface area contributed by atoms with Crippen LogP contribution in [-0.4, -0.2) is 11.0 Å². The fraction of sp³-hybridized carbons (Fsp3) is 0. The molecule has 0 saturated carbocycles. The molecule has 0 aliphatic heterocycles. The summed E-state index contributed by atoms with van der Waals surface area (Å²) in [7, 11) is 0. The van der Waals surface area contributed by atoms with Crippen LogP contribution in [0.25, 0.3) is 6.08 Å². The van der Waals surface area contributed by atoms with Crippen molar-refractivity contribution in [1.82, 2.24) is 5.32 Å². The molecule has 0 aliphatic rings. The van der Waals surface area contributed by atoms with Gasteiger partial charge < -0.3 is 5.32 Å². The normalized spacial score (nSPS) is 10.7. The third kappa shape index (κ3) is 5.36. The van der Waals surface area contributed by atoms with Gasteiger partial charge in [-0.2, -0.15) is 0 Å². The number of nitrogens with one attached hydrogen (secondary N) is 2. The number of carbonyl (C=O) groups excluding carboxylic acids is 1. The summed E-state index contributed by atoms with van der Waals surface area (Å²) in [6.07, 6.45) is 2.91. The highest BCUT2D eigenvalue weighted by Gasteiger charge is 2.08. The number of amides is 1. The molecule has 2 N–H and O–H groups in total. The minimum absolute atomic E-state index is 0.0732. The predicted octanol–water partition coefficient (Wildman–Crippen LogP) is 5.83. The van der Waals surface area contributed by atoms with E-state index in [1.165, 1.54) is 18.2 Å². The van der Waals surface area contributed by atoms with Crippen LogP contribution in [-0.2, 0) is 4.79 Å². The first-order valence-corrected chi connectivity index (χ1v) is 8.48. The molecule has 0 unspecified atom stereocenters. The summed E-state index contributed by atoms with van der Waals surface area (Å²) in [4.78, 5) is 11.9. The van der Waals surface area contributed by atoms with Gasteiger partial charge >= 0.3 is 0 Å². The zero-order chi connectivity index (χ0) is 17.7. The molecule has 0 aromatic heterocycles. The quantitative estimate of drug-likeness (QED) is 0.373. The molecule has 0 heterocycles. The van der Waals surface area contributed by atoms with E-state index in [4.69, 9.17) is 58.6 Å². The summed E-state index contributed by atoms with van der Waals surface area (Å²) < 4.78 is 0. The molecule has 0 saturated heterocycles. The van der Waals surface area contributed by atoms with Gasteiger partial charge in [-0.25, -0.2) is 0 Å². The second kappa shape index (κ2) is 8.70. The number of thiocarbonyl (C=S) groups is 1. The third-order valence-corrected chi connectivity index (χ3v) is 4.40. The zero-order valence-electron chi connectivity index (χ0n) is 11.9. The molecule has 3 nitrogen and oxygen atoms in total. The van der Waals surface area contributed by atoms with Gasteiger partial charge in [-0.1, -0.05) is 64.6 Å². The summed E-state index contributed by atoms with van der Waals surface area (Å²) in [5, 5.41) is 6.87. The monoisotopic (exact) mass is 418 g/mol. The third-order valence-electron chi connectivity index (χ3n) is 2.81. The van der Waals surface area contributed by atoms with E-state index in [0.29, 0.717) is 25.8 Å². The second-order valence-electron chi connectivity index (χ2n) is 4.54. The maximum atomic E-state index is 11.9. The fourth-order valence-electron chi connectivity index (χ4n) is 1.70. The van der Waals surface area contributed by atoms with E-state index in [9.17, 15) is 4.79 Å². The Bertz CT molecular complexity index is 824. The van der Waals surface area contributed by atoms with Crippen molar-refractivity contribution in [1.29, 1.82) is 0 Å². The number of hydrogen-bond donors (Lipinski definition) is 2. The lowest BCUT2D eigenvalue weighted by molar-refractivity contribution is -0.115. The highest BCUT2D eigenvalue weighted by molar-refractivity contribution is 7.80. The van der Waals surface area contributed by atoms with Crippen LogP contribution in [0.5, 0.6) is 0 Å². The van der Waals surface area contributed by atoms with Crippen LogP contribution in [0, 0.1) is 0 Å². The Kier molecular flexibility index (Phi) is 6.90. The van der Waals surface area contributed by atoms with E-state index in [1.54, 1.807) is 24.3 Å². The Balaban J connectivity index is 1.99. The number of anilines is 1. The average Bonchev–Trinajstić information content (AvgIpc) is 2.51. The lowest BCUT2D eigenvalue weighted by atomic mass is 10.2. The van der Waals surface area contributed by atoms with Gasteiger partial charge in [-0.15, -0.1) is 0 Å². The van der Waals surface area contributed by atoms with Crippen molar-refractivity contribution < 1.29 is 4.79 Å². The Morgan fingerprint density at radius 2 is 1.62 bits per heavy atom.